The van der Waals surface area contributed by atoms with Crippen molar-refractivity contribution in [2.45, 2.75) is 0 Å². The molecule has 3 aliphatic rings. The predicted octanol–water partition coefficient (Wildman–Crippen LogP) is 0.527. The lowest BCUT2D eigenvalue weighted by Crippen LogP contribution is -2.22. The molecule has 3 aliphatic heterocycles. The van der Waals surface area contributed by atoms with E-state index in [-0.39, 0.29) is 60.7 Å². The van der Waals surface area contributed by atoms with E-state index in [1.54, 1.807) is 12.1 Å². The number of rotatable bonds is 3. The van der Waals surface area contributed by atoms with Crippen molar-refractivity contribution in [1.82, 2.24) is 15.0 Å². The molecule has 50 heavy (non-hydrogen) atoms. The van der Waals surface area contributed by atoms with Crippen LogP contribution in [0.25, 0.3) is 21.7 Å². The normalized spacial score (nSPS) is 16.0. The SMILES string of the molecule is [C-]#[N+]/C(=C1\N=c2cc(F)c(C#N)cc2=N1)c1nc(/C(C#N)=C2\N=c3cc(O)c(F)cc3=N2)nc(/C(C#N)=C2/N=c3cc(F)c(C#N)cc3=N2)n1. The number of fused-ring (bicyclic) bond motifs is 3. The first-order valence-corrected chi connectivity index (χ1v) is 13.6. The van der Waals surface area contributed by atoms with Crippen molar-refractivity contribution in [1.29, 1.82) is 21.0 Å². The van der Waals surface area contributed by atoms with Crippen LogP contribution in [0.2, 0.25) is 0 Å². The minimum absolute atomic E-state index is 0.00564. The van der Waals surface area contributed by atoms with Crippen LogP contribution in [-0.2, 0) is 0 Å². The topological polar surface area (TPSA) is 233 Å². The maximum absolute atomic E-state index is 14.3. The Hall–Kier alpha value is -8.27. The van der Waals surface area contributed by atoms with Gasteiger partial charge in [0.25, 0.3) is 5.70 Å². The molecule has 18 heteroatoms. The zero-order chi connectivity index (χ0) is 35.3. The Bertz CT molecular complexity index is 2850. The van der Waals surface area contributed by atoms with Gasteiger partial charge in [0.1, 0.15) is 47.1 Å². The lowest BCUT2D eigenvalue weighted by atomic mass is 10.2. The molecule has 0 saturated heterocycles. The van der Waals surface area contributed by atoms with Gasteiger partial charge in [-0.25, -0.2) is 62.9 Å². The Labute approximate surface area is 274 Å². The average molecular weight is 660 g/mol. The number of hydrogen-bond acceptors (Lipinski definition) is 14. The summed E-state index contributed by atoms with van der Waals surface area (Å²) in [6.45, 7) is 7.91. The van der Waals surface area contributed by atoms with Gasteiger partial charge in [-0.15, -0.1) is 0 Å². The molecule has 4 aromatic rings. The highest BCUT2D eigenvalue weighted by molar-refractivity contribution is 5.80. The third-order valence-electron chi connectivity index (χ3n) is 7.06. The zero-order valence-corrected chi connectivity index (χ0v) is 24.3. The third-order valence-corrected chi connectivity index (χ3v) is 7.06. The maximum atomic E-state index is 14.3. The summed E-state index contributed by atoms with van der Waals surface area (Å²) >= 11 is 0. The van der Waals surface area contributed by atoms with Crippen LogP contribution < -0.4 is 32.1 Å². The second-order valence-corrected chi connectivity index (χ2v) is 10.0. The Morgan fingerprint density at radius 2 is 0.940 bits per heavy atom. The molecule has 7 rings (SSSR count). The molecule has 0 atom stereocenters. The number of phenolic OH excluding ortho intramolecular Hbond substituents is 1. The van der Waals surface area contributed by atoms with Crippen molar-refractivity contribution in [3.63, 3.8) is 0 Å². The summed E-state index contributed by atoms with van der Waals surface area (Å²) < 4.78 is 42.7. The van der Waals surface area contributed by atoms with E-state index in [2.05, 4.69) is 49.8 Å². The fourth-order valence-corrected chi connectivity index (χ4v) is 4.75. The van der Waals surface area contributed by atoms with E-state index in [9.17, 15) is 39.3 Å². The van der Waals surface area contributed by atoms with Crippen LogP contribution in [0, 0.1) is 69.3 Å². The zero-order valence-electron chi connectivity index (χ0n) is 24.3. The second-order valence-electron chi connectivity index (χ2n) is 10.0. The molecule has 0 saturated carbocycles. The Balaban J connectivity index is 1.50. The van der Waals surface area contributed by atoms with Gasteiger partial charge in [-0.05, 0) is 12.1 Å². The first kappa shape index (κ1) is 30.4. The molecule has 15 nitrogen and oxygen atoms in total. The number of allylic oxidation sites excluding steroid dienone is 2. The van der Waals surface area contributed by atoms with Crippen molar-refractivity contribution in [2.75, 3.05) is 0 Å². The van der Waals surface area contributed by atoms with E-state index in [1.165, 1.54) is 0 Å². The molecule has 232 valence electrons. The van der Waals surface area contributed by atoms with Crippen molar-refractivity contribution >= 4 is 16.8 Å². The number of phenols is 1. The lowest BCUT2D eigenvalue weighted by molar-refractivity contribution is 0.431. The van der Waals surface area contributed by atoms with Gasteiger partial charge in [-0.1, -0.05) is 0 Å². The van der Waals surface area contributed by atoms with E-state index in [1.807, 2.05) is 12.1 Å². The van der Waals surface area contributed by atoms with E-state index >= 15 is 0 Å². The first-order chi connectivity index (χ1) is 24.1. The van der Waals surface area contributed by atoms with Gasteiger partial charge in [0.2, 0.25) is 0 Å². The smallest absolute Gasteiger partial charge is 0.274 e. The van der Waals surface area contributed by atoms with Crippen molar-refractivity contribution < 1.29 is 18.3 Å². The quantitative estimate of drug-likeness (QED) is 0.240. The van der Waals surface area contributed by atoms with Gasteiger partial charge in [0.05, 0.1) is 49.8 Å². The Morgan fingerprint density at radius 3 is 1.36 bits per heavy atom. The molecule has 0 unspecified atom stereocenters. The van der Waals surface area contributed by atoms with Gasteiger partial charge in [0.15, 0.2) is 46.5 Å². The fraction of sp³-hybridized carbons (Fsp3) is 0. The maximum Gasteiger partial charge on any atom is 0.274 e. The predicted molar refractivity (Wildman–Crippen MR) is 156 cm³/mol. The van der Waals surface area contributed by atoms with Gasteiger partial charge < -0.3 is 5.11 Å². The number of nitriles is 4. The number of aromatic nitrogens is 3. The monoisotopic (exact) mass is 660 g/mol. The van der Waals surface area contributed by atoms with Crippen LogP contribution >= 0.6 is 0 Å². The van der Waals surface area contributed by atoms with Gasteiger partial charge in [-0.2, -0.15) is 21.0 Å². The molecule has 0 amide bonds. The van der Waals surface area contributed by atoms with Gasteiger partial charge >= 0.3 is 0 Å². The molecule has 0 radical (unpaired) electrons. The van der Waals surface area contributed by atoms with Crippen molar-refractivity contribution in [3.8, 4) is 30.0 Å². The number of halogens is 3. The van der Waals surface area contributed by atoms with Crippen LogP contribution in [0.1, 0.15) is 28.6 Å². The van der Waals surface area contributed by atoms with Crippen molar-refractivity contribution in [2.24, 2.45) is 30.0 Å². The molecule has 0 fully saturated rings. The van der Waals surface area contributed by atoms with Crippen LogP contribution in [0.4, 0.5) is 13.2 Å². The van der Waals surface area contributed by atoms with Crippen LogP contribution in [0.15, 0.2) is 83.8 Å². The first-order valence-electron chi connectivity index (χ1n) is 13.6. The lowest BCUT2D eigenvalue weighted by Gasteiger charge is -2.07. The number of nitrogens with zero attached hydrogens (tertiary/aromatic N) is 14. The highest BCUT2D eigenvalue weighted by Crippen LogP contribution is 2.27. The number of benzene rings is 3. The van der Waals surface area contributed by atoms with E-state index < -0.39 is 57.5 Å². The molecule has 0 aliphatic carbocycles. The summed E-state index contributed by atoms with van der Waals surface area (Å²) in [5.74, 6) is -5.84. The molecule has 1 aromatic heterocycles. The highest BCUT2D eigenvalue weighted by atomic mass is 19.1. The molecule has 3 aromatic carbocycles. The van der Waals surface area contributed by atoms with Crippen LogP contribution in [0.5, 0.6) is 5.75 Å². The Kier molecular flexibility index (Phi) is 7.00. The summed E-state index contributed by atoms with van der Waals surface area (Å²) in [6.07, 6.45) is 0. The summed E-state index contributed by atoms with van der Waals surface area (Å²) in [4.78, 5) is 41.3. The summed E-state index contributed by atoms with van der Waals surface area (Å²) in [7, 11) is 0. The van der Waals surface area contributed by atoms with E-state index in [4.69, 9.17) is 6.57 Å². The van der Waals surface area contributed by atoms with Crippen LogP contribution in [0.3, 0.4) is 0 Å². The number of aromatic hydroxyl groups is 1. The third kappa shape index (κ3) is 4.95. The van der Waals surface area contributed by atoms with E-state index in [0.717, 1.165) is 36.4 Å². The number of hydrogen-bond donors (Lipinski definition) is 1. The molecule has 0 spiro atoms. The standard InChI is InChI=1S/C32H7F3N14O/c1-40-26(31-45-20-3-13(9-37)17(34)5-22(20)46-31)32-48-29(14(10-38)27-41-19-2-12(8-36)16(33)4-21(19)42-27)47-30(49-32)15(11-39)28-43-23-6-18(35)25(50)7-24(23)44-28/h2-7,50H/b27-14+,28-15-,31-26-. The highest BCUT2D eigenvalue weighted by Gasteiger charge is 2.25. The largest absolute Gasteiger partial charge is 0.505 e. The van der Waals surface area contributed by atoms with Gasteiger partial charge in [-0.3, -0.25) is 0 Å². The summed E-state index contributed by atoms with van der Waals surface area (Å²) in [6, 6.07) is 13.1. The Morgan fingerprint density at radius 1 is 0.560 bits per heavy atom. The second kappa shape index (κ2) is 11.5. The fourth-order valence-electron chi connectivity index (χ4n) is 4.75. The molecular weight excluding hydrogens is 653 g/mol. The summed E-state index contributed by atoms with van der Waals surface area (Å²) in [5.41, 5.74) is -1.96. The minimum atomic E-state index is -0.996. The molecular formula is C32H7F3N14O. The molecule has 0 bridgehead atoms. The van der Waals surface area contributed by atoms with Crippen molar-refractivity contribution in [3.05, 3.63) is 143 Å². The van der Waals surface area contributed by atoms with Crippen LogP contribution in [-0.4, -0.2) is 20.1 Å². The molecule has 4 heterocycles. The average Bonchev–Trinajstić information content (AvgIpc) is 3.81. The van der Waals surface area contributed by atoms with E-state index in [0.29, 0.717) is 0 Å². The molecule has 1 N–H and O–H groups in total. The van der Waals surface area contributed by atoms with Gasteiger partial charge in [0, 0.05) is 24.3 Å². The summed E-state index contributed by atoms with van der Waals surface area (Å²) in [5, 5.41) is 48.8. The minimum Gasteiger partial charge on any atom is -0.505 e.